The minimum atomic E-state index is -4.46. The van der Waals surface area contributed by atoms with Gasteiger partial charge in [0.05, 0.1) is 33.8 Å². The number of phosphoric ester groups is 1. The van der Waals surface area contributed by atoms with Crippen LogP contribution in [-0.4, -0.2) is 74.3 Å². The Labute approximate surface area is 546 Å². The van der Waals surface area contributed by atoms with E-state index in [0.717, 1.165) is 103 Å². The van der Waals surface area contributed by atoms with E-state index in [1.807, 2.05) is 33.3 Å². The Balaban J connectivity index is 5.01. The second-order valence-corrected chi connectivity index (χ2v) is 27.9. The molecule has 0 radical (unpaired) electrons. The van der Waals surface area contributed by atoms with Crippen molar-refractivity contribution in [3.8, 4) is 0 Å². The van der Waals surface area contributed by atoms with Crippen molar-refractivity contribution in [2.75, 3.05) is 40.9 Å². The molecule has 2 N–H and O–H groups in total. The van der Waals surface area contributed by atoms with Crippen LogP contribution in [0.3, 0.4) is 0 Å². The van der Waals surface area contributed by atoms with Crippen molar-refractivity contribution in [2.24, 2.45) is 0 Å². The topological polar surface area (TPSA) is 111 Å². The Kier molecular flexibility index (Phi) is 64.9. The molecule has 512 valence electrons. The molecular formula is C78H144N2O7P+. The molecule has 0 saturated carbocycles. The smallest absolute Gasteiger partial charge is 0.456 e. The highest BCUT2D eigenvalue weighted by atomic mass is 31.2. The summed E-state index contributed by atoms with van der Waals surface area (Å²) in [5.74, 6) is -0.502. The molecule has 1 amide bonds. The van der Waals surface area contributed by atoms with Crippen molar-refractivity contribution in [3.63, 3.8) is 0 Å². The number of quaternary nitrogens is 1. The molecule has 3 atom stereocenters. The predicted molar refractivity (Wildman–Crippen MR) is 383 cm³/mol. The highest BCUT2D eigenvalue weighted by Gasteiger charge is 2.30. The van der Waals surface area contributed by atoms with Crippen molar-refractivity contribution < 1.29 is 37.3 Å². The standard InChI is InChI=1S/C78H143N2O7P/c1-7-10-13-16-19-22-25-28-30-32-34-36-38-40-42-44-46-48-50-52-55-58-61-64-67-70-77(81)79-75(74-86-88(83,84)85-73-72-80(4,5)6)76(69-66-63-60-57-54-27-24-21-18-15-12-9-3)87-78(82)71-68-65-62-59-56-53-51-49-47-45-43-41-39-37-35-33-31-29-26-23-20-17-14-11-8-2/h10,13,19,22,28-31,34,36,40,42,66,69,75-76H,7-9,11-12,14-18,20-21,23-27,32-33,35,37-39,41,43-65,67-68,70-74H2,1-6H3,(H-,79,81,83,84)/p+1/b13-10-,22-19-,30-28-,31-29+,36-34-,42-40-,69-66+. The summed E-state index contributed by atoms with van der Waals surface area (Å²) in [7, 11) is 1.50. The lowest BCUT2D eigenvalue weighted by molar-refractivity contribution is -0.870. The van der Waals surface area contributed by atoms with Crippen molar-refractivity contribution in [1.29, 1.82) is 0 Å². The molecule has 0 rings (SSSR count). The Morgan fingerprint density at radius 3 is 1.10 bits per heavy atom. The molecule has 0 fully saturated rings. The summed E-state index contributed by atoms with van der Waals surface area (Å²) in [4.78, 5) is 38.0. The molecule has 0 bridgehead atoms. The summed E-state index contributed by atoms with van der Waals surface area (Å²) in [6.45, 7) is 6.93. The molecular weight excluding hydrogens is 1110 g/mol. The summed E-state index contributed by atoms with van der Waals surface area (Å²) >= 11 is 0. The van der Waals surface area contributed by atoms with Crippen LogP contribution >= 0.6 is 7.82 Å². The Morgan fingerprint density at radius 2 is 0.727 bits per heavy atom. The number of allylic oxidation sites excluding steroid dienone is 13. The number of unbranched alkanes of at least 4 members (excludes halogenated alkanes) is 40. The highest BCUT2D eigenvalue weighted by molar-refractivity contribution is 7.47. The van der Waals surface area contributed by atoms with Gasteiger partial charge < -0.3 is 19.4 Å². The van der Waals surface area contributed by atoms with E-state index in [-0.39, 0.29) is 25.1 Å². The zero-order chi connectivity index (χ0) is 64.2. The van der Waals surface area contributed by atoms with Gasteiger partial charge in [-0.2, -0.15) is 0 Å². The highest BCUT2D eigenvalue weighted by Crippen LogP contribution is 2.43. The van der Waals surface area contributed by atoms with E-state index < -0.39 is 20.0 Å². The molecule has 0 heterocycles. The summed E-state index contributed by atoms with van der Waals surface area (Å²) in [6, 6.07) is -0.856. The minimum Gasteiger partial charge on any atom is -0.456 e. The first-order valence-electron chi connectivity index (χ1n) is 37.4. The minimum absolute atomic E-state index is 0.0373. The van der Waals surface area contributed by atoms with Gasteiger partial charge >= 0.3 is 13.8 Å². The van der Waals surface area contributed by atoms with E-state index in [9.17, 15) is 19.0 Å². The van der Waals surface area contributed by atoms with Gasteiger partial charge in [0.15, 0.2) is 0 Å². The Morgan fingerprint density at radius 1 is 0.409 bits per heavy atom. The van der Waals surface area contributed by atoms with Crippen LogP contribution in [-0.2, 0) is 27.9 Å². The summed E-state index contributed by atoms with van der Waals surface area (Å²) in [5.41, 5.74) is 0. The van der Waals surface area contributed by atoms with Gasteiger partial charge in [-0.25, -0.2) is 4.57 Å². The monoisotopic (exact) mass is 1250 g/mol. The number of nitrogens with zero attached hydrogens (tertiary/aromatic N) is 1. The quantitative estimate of drug-likeness (QED) is 0.0205. The molecule has 0 saturated heterocycles. The lowest BCUT2D eigenvalue weighted by Crippen LogP contribution is -2.47. The number of hydrogen-bond acceptors (Lipinski definition) is 6. The molecule has 0 aliphatic heterocycles. The number of carbonyl (C=O) groups excluding carboxylic acids is 2. The van der Waals surface area contributed by atoms with E-state index in [1.165, 1.54) is 212 Å². The molecule has 0 aliphatic carbocycles. The van der Waals surface area contributed by atoms with E-state index >= 15 is 0 Å². The first kappa shape index (κ1) is 85.2. The van der Waals surface area contributed by atoms with Gasteiger partial charge in [-0.3, -0.25) is 18.6 Å². The van der Waals surface area contributed by atoms with Crippen LogP contribution < -0.4 is 5.32 Å². The predicted octanol–water partition coefficient (Wildman–Crippen LogP) is 24.1. The van der Waals surface area contributed by atoms with E-state index in [0.29, 0.717) is 23.9 Å². The third-order valence-corrected chi connectivity index (χ3v) is 17.6. The van der Waals surface area contributed by atoms with Crippen molar-refractivity contribution in [3.05, 3.63) is 85.1 Å². The fourth-order valence-corrected chi connectivity index (χ4v) is 11.6. The number of phosphoric acid groups is 1. The first-order chi connectivity index (χ1) is 42.9. The number of rotatable bonds is 68. The average molecular weight is 1250 g/mol. The number of hydrogen-bond donors (Lipinski definition) is 2. The Hall–Kier alpha value is -2.81. The van der Waals surface area contributed by atoms with Gasteiger partial charge in [0.25, 0.3) is 0 Å². The zero-order valence-electron chi connectivity index (χ0n) is 58.7. The first-order valence-corrected chi connectivity index (χ1v) is 38.9. The molecule has 0 spiro atoms. The van der Waals surface area contributed by atoms with E-state index in [4.69, 9.17) is 13.8 Å². The van der Waals surface area contributed by atoms with Crippen molar-refractivity contribution >= 4 is 19.7 Å². The van der Waals surface area contributed by atoms with Crippen LogP contribution in [0, 0.1) is 0 Å². The lowest BCUT2D eigenvalue weighted by atomic mass is 10.0. The molecule has 0 aromatic carbocycles. The third kappa shape index (κ3) is 67.6. The van der Waals surface area contributed by atoms with Gasteiger partial charge in [-0.15, -0.1) is 0 Å². The summed E-state index contributed by atoms with van der Waals surface area (Å²) < 4.78 is 30.9. The number of carbonyl (C=O) groups is 2. The zero-order valence-corrected chi connectivity index (χ0v) is 59.6. The number of esters is 1. The maximum absolute atomic E-state index is 13.6. The maximum atomic E-state index is 13.6. The van der Waals surface area contributed by atoms with Crippen LogP contribution in [0.25, 0.3) is 0 Å². The summed E-state index contributed by atoms with van der Waals surface area (Å²) in [5, 5.41) is 3.07. The molecule has 88 heavy (non-hydrogen) atoms. The number of nitrogens with one attached hydrogen (secondary N) is 1. The second-order valence-electron chi connectivity index (χ2n) is 26.4. The van der Waals surface area contributed by atoms with E-state index in [1.54, 1.807) is 0 Å². The van der Waals surface area contributed by atoms with Crippen LogP contribution in [0.1, 0.15) is 348 Å². The Bertz CT molecular complexity index is 1780. The number of ether oxygens (including phenoxy) is 1. The van der Waals surface area contributed by atoms with Gasteiger partial charge in [0, 0.05) is 12.8 Å². The molecule has 0 aromatic rings. The van der Waals surface area contributed by atoms with E-state index in [2.05, 4.69) is 99.0 Å². The van der Waals surface area contributed by atoms with Crippen LogP contribution in [0.5, 0.6) is 0 Å². The molecule has 0 aliphatic rings. The SMILES string of the molecule is CC/C=C\C/C=C\C/C=C\C/C=C\C/C=C\CCCCCCCCCCCC(=O)NC(COP(=O)(O)OCC[N+](C)(C)C)C(/C=C/CCCCCCCCCCCC)OC(=O)CCCCCCCCCCCCCCCCC/C=C/CCCCCCCC. The third-order valence-electron chi connectivity index (χ3n) is 16.6. The molecule has 9 nitrogen and oxygen atoms in total. The van der Waals surface area contributed by atoms with Gasteiger partial charge in [0.1, 0.15) is 19.3 Å². The average Bonchev–Trinajstić information content (AvgIpc) is 3.71. The fourth-order valence-electron chi connectivity index (χ4n) is 10.8. The van der Waals surface area contributed by atoms with Crippen LogP contribution in [0.4, 0.5) is 0 Å². The summed E-state index contributed by atoms with van der Waals surface area (Å²) in [6.07, 6.45) is 90.3. The number of likely N-dealkylation sites (N-methyl/N-ethyl adjacent to an activating group) is 1. The maximum Gasteiger partial charge on any atom is 0.472 e. The largest absolute Gasteiger partial charge is 0.472 e. The fraction of sp³-hybridized carbons (Fsp3) is 0.795. The van der Waals surface area contributed by atoms with Gasteiger partial charge in [0.2, 0.25) is 5.91 Å². The molecule has 3 unspecified atom stereocenters. The second kappa shape index (κ2) is 67.1. The van der Waals surface area contributed by atoms with Crippen molar-refractivity contribution in [2.45, 2.75) is 360 Å². The normalized spacial score (nSPS) is 13.9. The van der Waals surface area contributed by atoms with Crippen LogP contribution in [0.2, 0.25) is 0 Å². The lowest BCUT2D eigenvalue weighted by Gasteiger charge is -2.27. The van der Waals surface area contributed by atoms with Crippen LogP contribution in [0.15, 0.2) is 85.1 Å². The number of amides is 1. The van der Waals surface area contributed by atoms with Gasteiger partial charge in [-0.05, 0) is 102 Å². The van der Waals surface area contributed by atoms with Gasteiger partial charge in [-0.1, -0.05) is 318 Å². The van der Waals surface area contributed by atoms with Crippen molar-refractivity contribution in [1.82, 2.24) is 5.32 Å². The molecule has 10 heteroatoms. The molecule has 0 aromatic heterocycles.